The van der Waals surface area contributed by atoms with Crippen LogP contribution in [0.25, 0.3) is 5.69 Å². The van der Waals surface area contributed by atoms with E-state index >= 15 is 0 Å². The van der Waals surface area contributed by atoms with Gasteiger partial charge in [0.2, 0.25) is 0 Å². The minimum absolute atomic E-state index is 0.789. The average molecular weight is 270 g/mol. The van der Waals surface area contributed by atoms with Crippen molar-refractivity contribution < 1.29 is 0 Å². The lowest BCUT2D eigenvalue weighted by atomic mass is 10.2. The average Bonchev–Trinajstić information content (AvgIpc) is 3.12. The van der Waals surface area contributed by atoms with E-state index in [0.29, 0.717) is 0 Å². The fourth-order valence-corrected chi connectivity index (χ4v) is 2.50. The molecule has 1 aromatic carbocycles. The van der Waals surface area contributed by atoms with E-state index in [1.54, 1.807) is 17.5 Å². The minimum atomic E-state index is 0.789. The molecule has 3 rings (SSSR count). The van der Waals surface area contributed by atoms with Gasteiger partial charge >= 0.3 is 0 Å². The number of aromatic nitrogens is 3. The van der Waals surface area contributed by atoms with Crippen molar-refractivity contribution in [1.82, 2.24) is 20.1 Å². The Balaban J connectivity index is 1.71. The Morgan fingerprint density at radius 3 is 2.89 bits per heavy atom. The molecule has 0 saturated carbocycles. The molecule has 0 fully saturated rings. The summed E-state index contributed by atoms with van der Waals surface area (Å²) in [5, 5.41) is 9.75. The van der Waals surface area contributed by atoms with Crippen molar-refractivity contribution in [2.45, 2.75) is 13.1 Å². The Hall–Kier alpha value is -1.98. The van der Waals surface area contributed by atoms with E-state index in [4.69, 9.17) is 0 Å². The molecule has 0 saturated heterocycles. The molecule has 0 aliphatic rings. The number of hydrogen-bond donors (Lipinski definition) is 1. The smallest absolute Gasteiger partial charge is 0.0795 e. The van der Waals surface area contributed by atoms with Gasteiger partial charge < -0.3 is 5.32 Å². The minimum Gasteiger partial charge on any atom is -0.307 e. The highest BCUT2D eigenvalue weighted by Crippen LogP contribution is 2.13. The molecule has 19 heavy (non-hydrogen) atoms. The van der Waals surface area contributed by atoms with E-state index in [0.717, 1.165) is 24.5 Å². The van der Waals surface area contributed by atoms with Crippen molar-refractivity contribution in [3.05, 3.63) is 64.9 Å². The molecule has 0 aliphatic carbocycles. The fourth-order valence-electron chi connectivity index (χ4n) is 1.95. The molecule has 0 bridgehead atoms. The molecular weight excluding hydrogens is 256 g/mol. The molecule has 2 aromatic heterocycles. The number of hydrogen-bond acceptors (Lipinski definition) is 4. The Morgan fingerprint density at radius 1 is 1.16 bits per heavy atom. The summed E-state index contributed by atoms with van der Waals surface area (Å²) in [7, 11) is 0. The van der Waals surface area contributed by atoms with Gasteiger partial charge in [0.25, 0.3) is 0 Å². The quantitative estimate of drug-likeness (QED) is 0.775. The lowest BCUT2D eigenvalue weighted by Crippen LogP contribution is -2.14. The van der Waals surface area contributed by atoms with Crippen molar-refractivity contribution in [3.63, 3.8) is 0 Å². The summed E-state index contributed by atoms with van der Waals surface area (Å²) in [4.78, 5) is 4.26. The van der Waals surface area contributed by atoms with E-state index in [2.05, 4.69) is 32.9 Å². The predicted octanol–water partition coefficient (Wildman–Crippen LogP) is 2.62. The maximum absolute atomic E-state index is 4.28. The Labute approximate surface area is 115 Å². The van der Waals surface area contributed by atoms with Gasteiger partial charge in [-0.05, 0) is 17.7 Å². The van der Waals surface area contributed by atoms with Gasteiger partial charge in [0.05, 0.1) is 16.9 Å². The Bertz CT molecular complexity index is 617. The molecule has 1 N–H and O–H groups in total. The Kier molecular flexibility index (Phi) is 3.67. The first-order valence-corrected chi connectivity index (χ1v) is 7.03. The van der Waals surface area contributed by atoms with Gasteiger partial charge in [-0.2, -0.15) is 5.10 Å². The first kappa shape index (κ1) is 12.1. The van der Waals surface area contributed by atoms with E-state index in [1.807, 2.05) is 34.6 Å². The van der Waals surface area contributed by atoms with E-state index in [1.165, 1.54) is 5.56 Å². The lowest BCUT2D eigenvalue weighted by molar-refractivity contribution is 0.676. The highest BCUT2D eigenvalue weighted by molar-refractivity contribution is 7.07. The Morgan fingerprint density at radius 2 is 2.11 bits per heavy atom. The van der Waals surface area contributed by atoms with Crippen molar-refractivity contribution in [3.8, 4) is 5.69 Å². The maximum Gasteiger partial charge on any atom is 0.0795 e. The number of nitrogens with zero attached hydrogens (tertiary/aromatic N) is 3. The van der Waals surface area contributed by atoms with Crippen LogP contribution in [0.1, 0.15) is 11.3 Å². The second-order valence-electron chi connectivity index (χ2n) is 4.16. The third-order valence-electron chi connectivity index (χ3n) is 2.85. The molecule has 4 nitrogen and oxygen atoms in total. The van der Waals surface area contributed by atoms with Crippen LogP contribution in [0.15, 0.2) is 53.6 Å². The molecule has 0 atom stereocenters. The summed E-state index contributed by atoms with van der Waals surface area (Å²) in [5.74, 6) is 0. The second-order valence-corrected chi connectivity index (χ2v) is 4.88. The van der Waals surface area contributed by atoms with Crippen LogP contribution in [0.5, 0.6) is 0 Å². The summed E-state index contributed by atoms with van der Waals surface area (Å²) in [6, 6.07) is 10.2. The molecule has 5 heteroatoms. The van der Waals surface area contributed by atoms with Gasteiger partial charge in [-0.1, -0.05) is 18.2 Å². The normalized spacial score (nSPS) is 10.7. The van der Waals surface area contributed by atoms with Crippen LogP contribution in [0.4, 0.5) is 0 Å². The SMILES string of the molecule is c1ccc(-n2cccn2)c(CNCc2cscn2)c1. The van der Waals surface area contributed by atoms with Gasteiger partial charge in [0.1, 0.15) is 0 Å². The second kappa shape index (κ2) is 5.77. The van der Waals surface area contributed by atoms with Gasteiger partial charge in [0, 0.05) is 30.9 Å². The zero-order valence-corrected chi connectivity index (χ0v) is 11.2. The van der Waals surface area contributed by atoms with Gasteiger partial charge in [0.15, 0.2) is 0 Å². The van der Waals surface area contributed by atoms with Crippen LogP contribution in [0.3, 0.4) is 0 Å². The van der Waals surface area contributed by atoms with E-state index in [9.17, 15) is 0 Å². The topological polar surface area (TPSA) is 42.7 Å². The van der Waals surface area contributed by atoms with Gasteiger partial charge in [-0.3, -0.25) is 0 Å². The number of nitrogens with one attached hydrogen (secondary N) is 1. The standard InChI is InChI=1S/C14H14N4S/c1-2-5-14(18-7-3-6-17-18)12(4-1)8-15-9-13-10-19-11-16-13/h1-7,10-11,15H,8-9H2. The molecule has 0 amide bonds. The van der Waals surface area contributed by atoms with Crippen LogP contribution in [-0.2, 0) is 13.1 Å². The van der Waals surface area contributed by atoms with Crippen LogP contribution >= 0.6 is 11.3 Å². The molecular formula is C14H14N4S. The number of benzene rings is 1. The van der Waals surface area contributed by atoms with Crippen molar-refractivity contribution >= 4 is 11.3 Å². The summed E-state index contributed by atoms with van der Waals surface area (Å²) in [5.41, 5.74) is 5.27. The largest absolute Gasteiger partial charge is 0.307 e. The van der Waals surface area contributed by atoms with Crippen molar-refractivity contribution in [2.24, 2.45) is 0 Å². The number of rotatable bonds is 5. The molecule has 0 aliphatic heterocycles. The van der Waals surface area contributed by atoms with Crippen molar-refractivity contribution in [1.29, 1.82) is 0 Å². The monoisotopic (exact) mass is 270 g/mol. The number of para-hydroxylation sites is 1. The summed E-state index contributed by atoms with van der Waals surface area (Å²) < 4.78 is 1.89. The van der Waals surface area contributed by atoms with Crippen LogP contribution in [0.2, 0.25) is 0 Å². The zero-order valence-electron chi connectivity index (χ0n) is 10.4. The molecule has 0 spiro atoms. The molecule has 0 radical (unpaired) electrons. The van der Waals surface area contributed by atoms with Gasteiger partial charge in [-0.25, -0.2) is 9.67 Å². The fraction of sp³-hybridized carbons (Fsp3) is 0.143. The van der Waals surface area contributed by atoms with Crippen LogP contribution in [0, 0.1) is 0 Å². The van der Waals surface area contributed by atoms with Gasteiger partial charge in [-0.15, -0.1) is 11.3 Å². The first-order chi connectivity index (χ1) is 9.43. The van der Waals surface area contributed by atoms with Crippen LogP contribution in [-0.4, -0.2) is 14.8 Å². The predicted molar refractivity (Wildman–Crippen MR) is 76.2 cm³/mol. The lowest BCUT2D eigenvalue weighted by Gasteiger charge is -2.10. The summed E-state index contributed by atoms with van der Waals surface area (Å²) in [6.07, 6.45) is 3.75. The highest BCUT2D eigenvalue weighted by atomic mass is 32.1. The van der Waals surface area contributed by atoms with Crippen LogP contribution < -0.4 is 5.32 Å². The van der Waals surface area contributed by atoms with E-state index < -0.39 is 0 Å². The third kappa shape index (κ3) is 2.89. The summed E-state index contributed by atoms with van der Waals surface area (Å²) >= 11 is 1.62. The molecule has 96 valence electrons. The third-order valence-corrected chi connectivity index (χ3v) is 3.48. The first-order valence-electron chi connectivity index (χ1n) is 6.09. The maximum atomic E-state index is 4.28. The zero-order chi connectivity index (χ0) is 12.9. The van der Waals surface area contributed by atoms with Crippen molar-refractivity contribution in [2.75, 3.05) is 0 Å². The molecule has 2 heterocycles. The highest BCUT2D eigenvalue weighted by Gasteiger charge is 2.04. The van der Waals surface area contributed by atoms with E-state index in [-0.39, 0.29) is 0 Å². The molecule has 3 aromatic rings. The number of thiazole rings is 1. The molecule has 0 unspecified atom stereocenters. The summed E-state index contributed by atoms with van der Waals surface area (Å²) in [6.45, 7) is 1.59.